The SMILES string of the molecule is Cc1nn(C)c(C)c1CC(=O)NCC(=O)NC1CC1. The van der Waals surface area contributed by atoms with Crippen LogP contribution in [0.1, 0.15) is 29.8 Å². The lowest BCUT2D eigenvalue weighted by Crippen LogP contribution is -2.38. The number of nitrogens with zero attached hydrogens (tertiary/aromatic N) is 2. The summed E-state index contributed by atoms with van der Waals surface area (Å²) >= 11 is 0. The van der Waals surface area contributed by atoms with Crippen molar-refractivity contribution in [2.24, 2.45) is 7.05 Å². The molecular weight excluding hydrogens is 244 g/mol. The Morgan fingerprint density at radius 2 is 2.00 bits per heavy atom. The molecule has 0 spiro atoms. The van der Waals surface area contributed by atoms with Crippen molar-refractivity contribution < 1.29 is 9.59 Å². The van der Waals surface area contributed by atoms with Gasteiger partial charge in [-0.05, 0) is 26.7 Å². The molecule has 0 aromatic carbocycles. The first-order chi connectivity index (χ1) is 8.97. The fourth-order valence-corrected chi connectivity index (χ4v) is 1.98. The molecule has 0 atom stereocenters. The van der Waals surface area contributed by atoms with E-state index in [-0.39, 0.29) is 24.8 Å². The Kier molecular flexibility index (Phi) is 3.87. The number of nitrogens with one attached hydrogen (secondary N) is 2. The first-order valence-electron chi connectivity index (χ1n) is 6.52. The van der Waals surface area contributed by atoms with E-state index in [0.29, 0.717) is 6.04 Å². The van der Waals surface area contributed by atoms with Gasteiger partial charge in [0.1, 0.15) is 0 Å². The fraction of sp³-hybridized carbons (Fsp3) is 0.615. The number of aryl methyl sites for hydroxylation is 2. The Labute approximate surface area is 112 Å². The van der Waals surface area contributed by atoms with Crippen molar-refractivity contribution in [1.29, 1.82) is 0 Å². The Balaban J connectivity index is 1.81. The summed E-state index contributed by atoms with van der Waals surface area (Å²) in [7, 11) is 1.85. The topological polar surface area (TPSA) is 76.0 Å². The van der Waals surface area contributed by atoms with E-state index in [9.17, 15) is 9.59 Å². The van der Waals surface area contributed by atoms with Crippen molar-refractivity contribution in [1.82, 2.24) is 20.4 Å². The van der Waals surface area contributed by atoms with E-state index in [2.05, 4.69) is 15.7 Å². The van der Waals surface area contributed by atoms with Gasteiger partial charge in [-0.25, -0.2) is 0 Å². The van der Waals surface area contributed by atoms with Crippen LogP contribution in [0.4, 0.5) is 0 Å². The lowest BCUT2D eigenvalue weighted by atomic mass is 10.1. The number of carbonyl (C=O) groups excluding carboxylic acids is 2. The Bertz CT molecular complexity index is 503. The molecular formula is C13H20N4O2. The van der Waals surface area contributed by atoms with Gasteiger partial charge in [0.2, 0.25) is 11.8 Å². The second-order valence-corrected chi connectivity index (χ2v) is 5.07. The molecule has 0 aliphatic heterocycles. The Morgan fingerprint density at radius 3 is 2.53 bits per heavy atom. The van der Waals surface area contributed by atoms with E-state index in [1.54, 1.807) is 4.68 Å². The maximum atomic E-state index is 11.8. The minimum absolute atomic E-state index is 0.0493. The molecule has 0 bridgehead atoms. The molecule has 2 N–H and O–H groups in total. The van der Waals surface area contributed by atoms with E-state index in [4.69, 9.17) is 0 Å². The Morgan fingerprint density at radius 1 is 1.32 bits per heavy atom. The molecule has 19 heavy (non-hydrogen) atoms. The van der Waals surface area contributed by atoms with Crippen molar-refractivity contribution in [3.05, 3.63) is 17.0 Å². The van der Waals surface area contributed by atoms with Crippen LogP contribution in [0, 0.1) is 13.8 Å². The fourth-order valence-electron chi connectivity index (χ4n) is 1.98. The molecule has 104 valence electrons. The Hall–Kier alpha value is -1.85. The van der Waals surface area contributed by atoms with Crippen LogP contribution in [0.2, 0.25) is 0 Å². The summed E-state index contributed by atoms with van der Waals surface area (Å²) in [5, 5.41) is 9.73. The summed E-state index contributed by atoms with van der Waals surface area (Å²) in [6.45, 7) is 3.87. The van der Waals surface area contributed by atoms with E-state index in [1.807, 2.05) is 20.9 Å². The van der Waals surface area contributed by atoms with Crippen LogP contribution in [0.3, 0.4) is 0 Å². The number of carbonyl (C=O) groups is 2. The van der Waals surface area contributed by atoms with Crippen molar-refractivity contribution >= 4 is 11.8 Å². The van der Waals surface area contributed by atoms with Crippen LogP contribution in [0.5, 0.6) is 0 Å². The number of hydrogen-bond acceptors (Lipinski definition) is 3. The lowest BCUT2D eigenvalue weighted by Gasteiger charge is -2.06. The van der Waals surface area contributed by atoms with Gasteiger partial charge < -0.3 is 10.6 Å². The summed E-state index contributed by atoms with van der Waals surface area (Å²) in [5.74, 6) is -0.263. The third-order valence-electron chi connectivity index (χ3n) is 3.38. The zero-order valence-corrected chi connectivity index (χ0v) is 11.6. The van der Waals surface area contributed by atoms with E-state index in [1.165, 1.54) is 0 Å². The van der Waals surface area contributed by atoms with Crippen LogP contribution >= 0.6 is 0 Å². The van der Waals surface area contributed by atoms with Crippen molar-refractivity contribution in [2.75, 3.05) is 6.54 Å². The predicted molar refractivity (Wildman–Crippen MR) is 70.6 cm³/mol. The van der Waals surface area contributed by atoms with Crippen LogP contribution in [0.15, 0.2) is 0 Å². The minimum Gasteiger partial charge on any atom is -0.352 e. The van der Waals surface area contributed by atoms with Crippen molar-refractivity contribution in [3.8, 4) is 0 Å². The van der Waals surface area contributed by atoms with Crippen LogP contribution < -0.4 is 10.6 Å². The van der Waals surface area contributed by atoms with Crippen LogP contribution in [-0.4, -0.2) is 34.2 Å². The second kappa shape index (κ2) is 5.42. The van der Waals surface area contributed by atoms with Crippen LogP contribution in [0.25, 0.3) is 0 Å². The van der Waals surface area contributed by atoms with Gasteiger partial charge in [0.15, 0.2) is 0 Å². The van der Waals surface area contributed by atoms with Crippen molar-refractivity contribution in [2.45, 2.75) is 39.2 Å². The molecule has 1 aliphatic carbocycles. The molecule has 0 radical (unpaired) electrons. The number of amides is 2. The quantitative estimate of drug-likeness (QED) is 0.784. The maximum absolute atomic E-state index is 11.8. The van der Waals surface area contributed by atoms with Gasteiger partial charge in [-0.3, -0.25) is 14.3 Å². The van der Waals surface area contributed by atoms with E-state index >= 15 is 0 Å². The van der Waals surface area contributed by atoms with Gasteiger partial charge >= 0.3 is 0 Å². The molecule has 6 heteroatoms. The first kappa shape index (κ1) is 13.6. The average Bonchev–Trinajstić information content (AvgIpc) is 3.12. The van der Waals surface area contributed by atoms with E-state index in [0.717, 1.165) is 29.8 Å². The summed E-state index contributed by atoms with van der Waals surface area (Å²) in [5.41, 5.74) is 2.77. The van der Waals surface area contributed by atoms with Crippen LogP contribution in [-0.2, 0) is 23.1 Å². The summed E-state index contributed by atoms with van der Waals surface area (Å²) in [4.78, 5) is 23.2. The third-order valence-corrected chi connectivity index (χ3v) is 3.38. The largest absolute Gasteiger partial charge is 0.352 e. The second-order valence-electron chi connectivity index (χ2n) is 5.07. The van der Waals surface area contributed by atoms with Gasteiger partial charge in [0, 0.05) is 24.3 Å². The number of aromatic nitrogens is 2. The molecule has 2 rings (SSSR count). The number of rotatable bonds is 5. The standard InChI is InChI=1S/C13H20N4O2/c1-8-11(9(2)17(3)16-8)6-12(18)14-7-13(19)15-10-4-5-10/h10H,4-7H2,1-3H3,(H,14,18)(H,15,19). The first-order valence-corrected chi connectivity index (χ1v) is 6.52. The molecule has 1 aliphatic rings. The van der Waals surface area contributed by atoms with Gasteiger partial charge in [0.05, 0.1) is 18.7 Å². The van der Waals surface area contributed by atoms with Gasteiger partial charge in [-0.15, -0.1) is 0 Å². The molecule has 6 nitrogen and oxygen atoms in total. The zero-order valence-electron chi connectivity index (χ0n) is 11.6. The molecule has 1 aromatic heterocycles. The highest BCUT2D eigenvalue weighted by atomic mass is 16.2. The van der Waals surface area contributed by atoms with Crippen molar-refractivity contribution in [3.63, 3.8) is 0 Å². The van der Waals surface area contributed by atoms with Gasteiger partial charge in [-0.2, -0.15) is 5.10 Å². The summed E-state index contributed by atoms with van der Waals surface area (Å²) < 4.78 is 1.76. The highest BCUT2D eigenvalue weighted by Gasteiger charge is 2.23. The minimum atomic E-state index is -0.148. The van der Waals surface area contributed by atoms with E-state index < -0.39 is 0 Å². The van der Waals surface area contributed by atoms with Gasteiger partial charge in [0.25, 0.3) is 0 Å². The van der Waals surface area contributed by atoms with Gasteiger partial charge in [-0.1, -0.05) is 0 Å². The predicted octanol–water partition coefficient (Wildman–Crippen LogP) is -0.0258. The molecule has 1 fully saturated rings. The molecule has 1 saturated carbocycles. The molecule has 0 saturated heterocycles. The summed E-state index contributed by atoms with van der Waals surface area (Å²) in [6, 6.07) is 0.326. The monoisotopic (exact) mass is 264 g/mol. The smallest absolute Gasteiger partial charge is 0.239 e. The highest BCUT2D eigenvalue weighted by Crippen LogP contribution is 2.18. The number of hydrogen-bond donors (Lipinski definition) is 2. The third kappa shape index (κ3) is 3.56. The molecule has 1 heterocycles. The molecule has 0 unspecified atom stereocenters. The average molecular weight is 264 g/mol. The maximum Gasteiger partial charge on any atom is 0.239 e. The normalized spacial score (nSPS) is 14.3. The zero-order chi connectivity index (χ0) is 14.0. The summed E-state index contributed by atoms with van der Waals surface area (Å²) in [6.07, 6.45) is 2.36. The highest BCUT2D eigenvalue weighted by molar-refractivity contribution is 5.86. The molecule has 2 amide bonds. The lowest BCUT2D eigenvalue weighted by molar-refractivity contribution is -0.125. The molecule has 1 aromatic rings.